The summed E-state index contributed by atoms with van der Waals surface area (Å²) in [7, 11) is 0. The molecule has 262 valence electrons. The normalized spacial score (nSPS) is 34.2. The van der Waals surface area contributed by atoms with E-state index in [1.807, 2.05) is 18.2 Å². The molecule has 0 spiro atoms. The number of halogens is 3. The number of hydrogen-bond donors (Lipinski definition) is 3. The third kappa shape index (κ3) is 5.71. The fourth-order valence-electron chi connectivity index (χ4n) is 10.7. The highest BCUT2D eigenvalue weighted by molar-refractivity contribution is 7.20. The Morgan fingerprint density at radius 1 is 1.02 bits per heavy atom. The molecule has 2 unspecified atom stereocenters. The molecule has 3 N–H and O–H groups in total. The van der Waals surface area contributed by atoms with E-state index in [9.17, 15) is 37.1 Å². The monoisotopic (exact) mass is 699 g/mol. The van der Waals surface area contributed by atoms with Crippen molar-refractivity contribution < 1.29 is 37.1 Å². The molecule has 2 aromatic rings. The molecule has 7 fully saturated rings. The van der Waals surface area contributed by atoms with Gasteiger partial charge in [0.1, 0.15) is 12.1 Å². The Morgan fingerprint density at radius 3 is 2.45 bits per heavy atom. The van der Waals surface area contributed by atoms with Gasteiger partial charge in [-0.15, -0.1) is 11.3 Å². The molecular formula is C35H40F3N5O5S. The number of fused-ring (bicyclic) bond motifs is 2. The summed E-state index contributed by atoms with van der Waals surface area (Å²) in [6, 6.07) is 3.79. The molecular weight excluding hydrogens is 659 g/mol. The molecule has 8 atom stereocenters. The maximum Gasteiger partial charge on any atom is 0.471 e. The molecule has 5 saturated carbocycles. The van der Waals surface area contributed by atoms with Crippen LogP contribution in [0, 0.1) is 40.9 Å². The summed E-state index contributed by atoms with van der Waals surface area (Å²) in [6.45, 7) is 0.664. The molecule has 1 aromatic carbocycles. The number of hydrogen-bond acceptors (Lipinski definition) is 7. The Labute approximate surface area is 285 Å². The van der Waals surface area contributed by atoms with Gasteiger partial charge in [-0.2, -0.15) is 13.2 Å². The predicted molar refractivity (Wildman–Crippen MR) is 172 cm³/mol. The van der Waals surface area contributed by atoms with Gasteiger partial charge in [-0.3, -0.25) is 24.0 Å². The lowest BCUT2D eigenvalue weighted by Gasteiger charge is -2.45. The number of ketones is 1. The Kier molecular flexibility index (Phi) is 8.03. The molecule has 2 saturated heterocycles. The number of thiazole rings is 1. The van der Waals surface area contributed by atoms with Crippen LogP contribution in [0.2, 0.25) is 0 Å². The van der Waals surface area contributed by atoms with Gasteiger partial charge in [-0.25, -0.2) is 4.98 Å². The number of Topliss-reactive ketones (excluding diaryl/α,β-unsaturated/α-hetero) is 1. The molecule has 14 heteroatoms. The van der Waals surface area contributed by atoms with Gasteiger partial charge in [-0.1, -0.05) is 18.6 Å². The van der Waals surface area contributed by atoms with Gasteiger partial charge in [-0.05, 0) is 99.5 Å². The molecule has 9 rings (SSSR count). The summed E-state index contributed by atoms with van der Waals surface area (Å²) in [5.41, 5.74) is -0.143. The van der Waals surface area contributed by atoms with E-state index >= 15 is 0 Å². The molecule has 10 nitrogen and oxygen atoms in total. The van der Waals surface area contributed by atoms with E-state index in [-0.39, 0.29) is 35.7 Å². The average molecular weight is 700 g/mol. The van der Waals surface area contributed by atoms with Crippen LogP contribution >= 0.6 is 11.3 Å². The number of nitrogens with one attached hydrogen (secondary N) is 3. The van der Waals surface area contributed by atoms with Crippen molar-refractivity contribution in [1.29, 1.82) is 0 Å². The molecule has 4 amide bonds. The van der Waals surface area contributed by atoms with E-state index in [4.69, 9.17) is 0 Å². The van der Waals surface area contributed by atoms with Crippen LogP contribution < -0.4 is 16.0 Å². The van der Waals surface area contributed by atoms with Gasteiger partial charge >= 0.3 is 12.1 Å². The van der Waals surface area contributed by atoms with E-state index < -0.39 is 59.1 Å². The van der Waals surface area contributed by atoms with Crippen molar-refractivity contribution in [3.63, 3.8) is 0 Å². The van der Waals surface area contributed by atoms with Crippen molar-refractivity contribution in [2.45, 2.75) is 88.5 Å². The van der Waals surface area contributed by atoms with Crippen LogP contribution in [-0.2, 0) is 19.2 Å². The van der Waals surface area contributed by atoms with E-state index in [0.717, 1.165) is 30.4 Å². The number of nitrogens with zero attached hydrogens (tertiary/aromatic N) is 2. The maximum atomic E-state index is 14.7. The highest BCUT2D eigenvalue weighted by Gasteiger charge is 2.63. The van der Waals surface area contributed by atoms with Gasteiger partial charge in [0, 0.05) is 24.4 Å². The molecule has 1 aromatic heterocycles. The van der Waals surface area contributed by atoms with Crippen LogP contribution in [0.15, 0.2) is 24.3 Å². The third-order valence-electron chi connectivity index (χ3n) is 12.6. The number of benzene rings is 1. The summed E-state index contributed by atoms with van der Waals surface area (Å²) in [5, 5.41) is 8.03. The lowest BCUT2D eigenvalue weighted by atomic mass is 9.65. The zero-order valence-electron chi connectivity index (χ0n) is 27.0. The second kappa shape index (κ2) is 12.1. The number of likely N-dealkylation sites (tertiary alicyclic amines) is 1. The van der Waals surface area contributed by atoms with Gasteiger partial charge in [0.05, 0.1) is 16.3 Å². The molecule has 5 aliphatic carbocycles. The maximum absolute atomic E-state index is 14.7. The minimum atomic E-state index is -5.16. The van der Waals surface area contributed by atoms with E-state index in [2.05, 4.69) is 20.9 Å². The topological polar surface area (TPSA) is 138 Å². The number of carbonyl (C=O) groups is 5. The quantitative estimate of drug-likeness (QED) is 0.339. The summed E-state index contributed by atoms with van der Waals surface area (Å²) < 4.78 is 41.9. The predicted octanol–water partition coefficient (Wildman–Crippen LogP) is 3.99. The lowest BCUT2D eigenvalue weighted by Crippen LogP contribution is -2.62. The lowest BCUT2D eigenvalue weighted by molar-refractivity contribution is -0.177. The van der Waals surface area contributed by atoms with Crippen molar-refractivity contribution in [2.75, 3.05) is 13.1 Å². The van der Waals surface area contributed by atoms with Crippen LogP contribution in [0.25, 0.3) is 10.2 Å². The first-order chi connectivity index (χ1) is 23.4. The molecule has 7 aliphatic rings. The van der Waals surface area contributed by atoms with Crippen molar-refractivity contribution in [1.82, 2.24) is 25.8 Å². The van der Waals surface area contributed by atoms with Gasteiger partial charge < -0.3 is 20.9 Å². The van der Waals surface area contributed by atoms with Gasteiger partial charge in [0.15, 0.2) is 5.01 Å². The van der Waals surface area contributed by atoms with Crippen LogP contribution in [0.3, 0.4) is 0 Å². The Morgan fingerprint density at radius 2 is 1.78 bits per heavy atom. The standard InChI is InChI=1S/C35H40F3N5O5S/c36-35(37,38)33(48)42-28(34-13-17-10-20(14-34)21(11-17)15-34)32(47)43-16-19-4-3-5-22(19)26(43)30(46)40-24(12-18-8-9-39-29(18)45)27(44)31-41-23-6-1-2-7-25(23)49-31/h1-2,6-7,17-22,24,26,28H,3-5,8-16H2,(H,39,45)(H,40,46)(H,42,48)/t17?,18-,19-,20?,21?,22-,24-,26-,28+,34?/m0/s1. The van der Waals surface area contributed by atoms with Gasteiger partial charge in [0.25, 0.3) is 0 Å². The van der Waals surface area contributed by atoms with E-state index in [1.54, 1.807) is 6.07 Å². The number of para-hydroxylation sites is 1. The fraction of sp³-hybridized carbons (Fsp3) is 0.657. The third-order valence-corrected chi connectivity index (χ3v) is 13.7. The first-order valence-electron chi connectivity index (χ1n) is 17.6. The van der Waals surface area contributed by atoms with Crippen LogP contribution in [0.4, 0.5) is 13.2 Å². The first-order valence-corrected chi connectivity index (χ1v) is 18.4. The van der Waals surface area contributed by atoms with E-state index in [0.29, 0.717) is 61.9 Å². The number of alkyl halides is 3. The minimum absolute atomic E-state index is 0.0220. The zero-order chi connectivity index (χ0) is 34.2. The Bertz CT molecular complexity index is 1660. The molecule has 49 heavy (non-hydrogen) atoms. The zero-order valence-corrected chi connectivity index (χ0v) is 27.8. The summed E-state index contributed by atoms with van der Waals surface area (Å²) in [4.78, 5) is 74.1. The van der Waals surface area contributed by atoms with Crippen LogP contribution in [0.1, 0.15) is 74.0 Å². The summed E-state index contributed by atoms with van der Waals surface area (Å²) in [6.07, 6.45) is 1.42. The average Bonchev–Trinajstić information content (AvgIpc) is 3.90. The smallest absolute Gasteiger partial charge is 0.356 e. The number of amides is 4. The second-order valence-electron chi connectivity index (χ2n) is 15.5. The Hall–Kier alpha value is -3.55. The van der Waals surface area contributed by atoms with Crippen molar-refractivity contribution in [3.8, 4) is 0 Å². The molecule has 3 heterocycles. The number of rotatable bonds is 9. The highest BCUT2D eigenvalue weighted by Crippen LogP contribution is 2.65. The number of carbonyl (C=O) groups excluding carboxylic acids is 5. The SMILES string of the molecule is O=C1NCC[C@H]1C[C@H](NC(=O)[C@@H]1[C@H]2CCC[C@H]2CN1C(=O)[C@@H](NC(=O)C(F)(F)F)C12CC3CC(C1)C(C3)C2)C(=O)c1nc2ccccc2s1. The minimum Gasteiger partial charge on any atom is -0.356 e. The molecule has 4 bridgehead atoms. The van der Waals surface area contributed by atoms with Crippen molar-refractivity contribution >= 4 is 51.0 Å². The van der Waals surface area contributed by atoms with Crippen LogP contribution in [-0.4, -0.2) is 76.7 Å². The van der Waals surface area contributed by atoms with Gasteiger partial charge in [0.2, 0.25) is 23.5 Å². The van der Waals surface area contributed by atoms with E-state index in [1.165, 1.54) is 16.2 Å². The van der Waals surface area contributed by atoms with Crippen LogP contribution in [0.5, 0.6) is 0 Å². The Balaban J connectivity index is 1.09. The first kappa shape index (κ1) is 32.6. The highest BCUT2D eigenvalue weighted by atomic mass is 32.1. The summed E-state index contributed by atoms with van der Waals surface area (Å²) >= 11 is 1.20. The molecule has 2 aliphatic heterocycles. The molecule has 0 radical (unpaired) electrons. The largest absolute Gasteiger partial charge is 0.471 e. The fourth-order valence-corrected chi connectivity index (χ4v) is 11.7. The summed E-state index contributed by atoms with van der Waals surface area (Å²) in [5.74, 6) is -3.75. The van der Waals surface area contributed by atoms with Crippen molar-refractivity contribution in [3.05, 3.63) is 29.3 Å². The van der Waals surface area contributed by atoms with Crippen molar-refractivity contribution in [2.24, 2.45) is 40.9 Å². The number of aromatic nitrogens is 1. The second-order valence-corrected chi connectivity index (χ2v) is 16.5.